The van der Waals surface area contributed by atoms with Crippen molar-refractivity contribution in [3.05, 3.63) is 35.9 Å². The molecule has 2 heterocycles. The Morgan fingerprint density at radius 2 is 1.86 bits per heavy atom. The van der Waals surface area contributed by atoms with Crippen LogP contribution in [0.1, 0.15) is 18.4 Å². The van der Waals surface area contributed by atoms with E-state index in [1.807, 2.05) is 0 Å². The van der Waals surface area contributed by atoms with E-state index in [4.69, 9.17) is 5.73 Å². The van der Waals surface area contributed by atoms with E-state index in [1.54, 1.807) is 30.3 Å². The van der Waals surface area contributed by atoms with Gasteiger partial charge < -0.3 is 15.2 Å². The largest absolute Gasteiger partial charge is 1.00 e. The first-order valence-corrected chi connectivity index (χ1v) is 10.9. The molecular formula is C14H17N4NaO7S2. The summed E-state index contributed by atoms with van der Waals surface area (Å²) in [6.45, 7) is 0.0496. The first kappa shape index (κ1) is 23.1. The Morgan fingerprint density at radius 3 is 2.46 bits per heavy atom. The maximum Gasteiger partial charge on any atom is 1.00 e. The smallest absolute Gasteiger partial charge is 0.724 e. The molecule has 2 fully saturated rings. The standard InChI is InChI=1S/C14H18N4O7S2.Na/c15-13(16-26(20,21)9-10-4-2-1-3-5-10)12-7-6-11-8-17(12)14(19)18(11)25-27(22,23)24;/h1-5,11-12H,6-9H2,(H2,15,16)(H,22,23,24);/q;+1/p-1/t11-,12+;/m1./s1. The number of sulfonamides is 1. The van der Waals surface area contributed by atoms with Gasteiger partial charge in [0.25, 0.3) is 10.0 Å². The van der Waals surface area contributed by atoms with Crippen molar-refractivity contribution in [1.29, 1.82) is 0 Å². The van der Waals surface area contributed by atoms with E-state index >= 15 is 0 Å². The Hall–Kier alpha value is -1.22. The quantitative estimate of drug-likeness (QED) is 0.157. The van der Waals surface area contributed by atoms with Crippen LogP contribution < -0.4 is 35.3 Å². The number of carbonyl (C=O) groups is 1. The summed E-state index contributed by atoms with van der Waals surface area (Å²) < 4.78 is 64.7. The topological polar surface area (TPSA) is 162 Å². The minimum atomic E-state index is -5.11. The number of piperidine rings is 1. The van der Waals surface area contributed by atoms with Crippen LogP contribution in [0.15, 0.2) is 34.7 Å². The zero-order valence-electron chi connectivity index (χ0n) is 15.0. The molecule has 2 amide bonds. The predicted molar refractivity (Wildman–Crippen MR) is 92.2 cm³/mol. The number of amides is 2. The fourth-order valence-corrected chi connectivity index (χ4v) is 4.68. The number of hydroxylamine groups is 2. The van der Waals surface area contributed by atoms with Crippen molar-refractivity contribution in [2.45, 2.75) is 30.7 Å². The van der Waals surface area contributed by atoms with Crippen LogP contribution in [0.2, 0.25) is 0 Å². The molecule has 2 bridgehead atoms. The zero-order chi connectivity index (χ0) is 19.8. The number of benzene rings is 1. The first-order valence-electron chi connectivity index (χ1n) is 7.93. The van der Waals surface area contributed by atoms with E-state index in [1.165, 1.54) is 0 Å². The van der Waals surface area contributed by atoms with Crippen LogP contribution in [0.3, 0.4) is 0 Å². The summed E-state index contributed by atoms with van der Waals surface area (Å²) in [6.07, 6.45) is 0.530. The number of carbonyl (C=O) groups excluding carboxylic acids is 1. The Kier molecular flexibility index (Phi) is 7.12. The SMILES string of the molecule is N/C(=N\S(=O)(=O)Cc1ccccc1)[C@@H]1CC[C@@H]2CN1C(=O)N2OS(=O)(=O)[O-].[Na+]. The number of amidine groups is 1. The molecule has 2 aliphatic heterocycles. The fraction of sp³-hybridized carbons (Fsp3) is 0.429. The number of hydrogen-bond acceptors (Lipinski definition) is 7. The molecule has 1 aromatic rings. The Morgan fingerprint density at radius 1 is 1.21 bits per heavy atom. The molecule has 2 atom stereocenters. The average molecular weight is 440 g/mol. The van der Waals surface area contributed by atoms with Crippen LogP contribution in [0.25, 0.3) is 0 Å². The van der Waals surface area contributed by atoms with E-state index in [2.05, 4.69) is 8.68 Å². The number of nitrogens with two attached hydrogens (primary N) is 1. The van der Waals surface area contributed by atoms with Gasteiger partial charge in [0.05, 0.1) is 17.8 Å². The number of urea groups is 1. The monoisotopic (exact) mass is 440 g/mol. The normalized spacial score (nSPS) is 22.9. The van der Waals surface area contributed by atoms with Gasteiger partial charge in [-0.1, -0.05) is 30.3 Å². The molecule has 0 aliphatic carbocycles. The molecule has 11 nitrogen and oxygen atoms in total. The second kappa shape index (κ2) is 8.65. The van der Waals surface area contributed by atoms with Crippen LogP contribution in [0.4, 0.5) is 4.79 Å². The summed E-state index contributed by atoms with van der Waals surface area (Å²) in [7, 11) is -9.04. The molecule has 0 radical (unpaired) electrons. The summed E-state index contributed by atoms with van der Waals surface area (Å²) in [4.78, 5) is 13.4. The van der Waals surface area contributed by atoms with Crippen molar-refractivity contribution in [1.82, 2.24) is 9.96 Å². The molecule has 148 valence electrons. The van der Waals surface area contributed by atoms with Crippen LogP contribution in [0.5, 0.6) is 0 Å². The summed E-state index contributed by atoms with van der Waals surface area (Å²) >= 11 is 0. The summed E-state index contributed by atoms with van der Waals surface area (Å²) in [6, 6.07) is 6.07. The van der Waals surface area contributed by atoms with Gasteiger partial charge in [0.2, 0.25) is 10.4 Å². The van der Waals surface area contributed by atoms with Gasteiger partial charge in [0.1, 0.15) is 5.84 Å². The molecule has 14 heteroatoms. The van der Waals surface area contributed by atoms with Gasteiger partial charge in [-0.2, -0.15) is 9.35 Å². The molecule has 2 aliphatic rings. The van der Waals surface area contributed by atoms with Crippen molar-refractivity contribution in [3.63, 3.8) is 0 Å². The van der Waals surface area contributed by atoms with E-state index < -0.39 is 38.5 Å². The fourth-order valence-electron chi connectivity index (χ4n) is 3.17. The van der Waals surface area contributed by atoms with E-state index in [9.17, 15) is 26.2 Å². The maximum atomic E-state index is 12.3. The van der Waals surface area contributed by atoms with Crippen molar-refractivity contribution >= 4 is 32.3 Å². The predicted octanol–water partition coefficient (Wildman–Crippen LogP) is -3.46. The van der Waals surface area contributed by atoms with Crippen LogP contribution in [-0.4, -0.2) is 61.8 Å². The van der Waals surface area contributed by atoms with Gasteiger partial charge in [0, 0.05) is 6.54 Å². The summed E-state index contributed by atoms with van der Waals surface area (Å²) in [5.41, 5.74) is 6.38. The minimum Gasteiger partial charge on any atom is -0.724 e. The molecule has 2 N–H and O–H groups in total. The second-order valence-corrected chi connectivity index (χ2v) is 8.82. The molecule has 0 spiro atoms. The number of nitrogens with zero attached hydrogens (tertiary/aromatic N) is 3. The molecule has 1 aromatic carbocycles. The maximum absolute atomic E-state index is 12.3. The number of rotatable bonds is 6. The number of fused-ring (bicyclic) bond motifs is 2. The molecule has 3 rings (SSSR count). The van der Waals surface area contributed by atoms with Gasteiger partial charge >= 0.3 is 35.6 Å². The van der Waals surface area contributed by atoms with Gasteiger partial charge in [-0.05, 0) is 18.4 Å². The van der Waals surface area contributed by atoms with Crippen molar-refractivity contribution < 1.29 is 60.0 Å². The second-order valence-electron chi connectivity index (χ2n) is 6.22. The summed E-state index contributed by atoms with van der Waals surface area (Å²) in [5, 5.41) is 0.494. The van der Waals surface area contributed by atoms with Gasteiger partial charge in [-0.25, -0.2) is 21.6 Å². The Labute approximate surface area is 184 Å². The molecule has 28 heavy (non-hydrogen) atoms. The van der Waals surface area contributed by atoms with Gasteiger partial charge in [-0.3, -0.25) is 0 Å². The number of hydrogen-bond donors (Lipinski definition) is 1. The van der Waals surface area contributed by atoms with Crippen LogP contribution in [0, 0.1) is 0 Å². The molecule has 0 saturated carbocycles. The van der Waals surface area contributed by atoms with Crippen molar-refractivity contribution in [2.75, 3.05) is 6.54 Å². The third-order valence-corrected chi connectivity index (χ3v) is 5.80. The van der Waals surface area contributed by atoms with Crippen LogP contribution >= 0.6 is 0 Å². The van der Waals surface area contributed by atoms with Gasteiger partial charge in [0.15, 0.2) is 0 Å². The van der Waals surface area contributed by atoms with Crippen LogP contribution in [-0.2, 0) is 30.5 Å². The van der Waals surface area contributed by atoms with E-state index in [0.29, 0.717) is 10.6 Å². The minimum absolute atomic E-state index is 0. The van der Waals surface area contributed by atoms with Crippen molar-refractivity contribution in [3.8, 4) is 0 Å². The van der Waals surface area contributed by atoms with E-state index in [-0.39, 0.29) is 60.5 Å². The Balaban J connectivity index is 0.00000280. The summed E-state index contributed by atoms with van der Waals surface area (Å²) in [5.74, 6) is -0.619. The van der Waals surface area contributed by atoms with E-state index in [0.717, 1.165) is 4.90 Å². The van der Waals surface area contributed by atoms with Gasteiger partial charge in [-0.15, -0.1) is 4.40 Å². The zero-order valence-corrected chi connectivity index (χ0v) is 18.6. The van der Waals surface area contributed by atoms with Crippen molar-refractivity contribution in [2.24, 2.45) is 10.1 Å². The Bertz CT molecular complexity index is 969. The molecule has 0 unspecified atom stereocenters. The third-order valence-electron chi connectivity index (χ3n) is 4.27. The third kappa shape index (κ3) is 5.43. The molecule has 2 saturated heterocycles. The molecule has 0 aromatic heterocycles. The first-order chi connectivity index (χ1) is 12.6. The average Bonchev–Trinajstić information content (AvgIpc) is 2.78. The molecular weight excluding hydrogens is 423 g/mol.